The minimum absolute atomic E-state index is 0.0178. The average Bonchev–Trinajstić information content (AvgIpc) is 2.78. The third-order valence-electron chi connectivity index (χ3n) is 2.62. The number of anilines is 1. The minimum Gasteiger partial charge on any atom is -0.490 e. The summed E-state index contributed by atoms with van der Waals surface area (Å²) in [7, 11) is 0. The quantitative estimate of drug-likeness (QED) is 0.884. The van der Waals surface area contributed by atoms with E-state index >= 15 is 0 Å². The van der Waals surface area contributed by atoms with E-state index in [1.165, 1.54) is 6.07 Å². The summed E-state index contributed by atoms with van der Waals surface area (Å²) in [5.74, 6) is 0.684. The lowest BCUT2D eigenvalue weighted by atomic mass is 10.2. The molecule has 0 amide bonds. The molecule has 0 atom stereocenters. The van der Waals surface area contributed by atoms with E-state index in [0.717, 1.165) is 5.56 Å². The van der Waals surface area contributed by atoms with Crippen LogP contribution in [0.5, 0.6) is 11.5 Å². The smallest absolute Gasteiger partial charge is 0.387 e. The number of nitrogen functional groups attached to an aromatic ring is 1. The molecule has 1 aromatic heterocycles. The molecule has 0 aliphatic heterocycles. The fourth-order valence-electron chi connectivity index (χ4n) is 1.78. The highest BCUT2D eigenvalue weighted by Gasteiger charge is 2.12. The molecule has 0 spiro atoms. The topological polar surface area (TPSA) is 62.3 Å². The van der Waals surface area contributed by atoms with Crippen LogP contribution in [0.15, 0.2) is 30.6 Å². The Labute approximate surface area is 114 Å². The highest BCUT2D eigenvalue weighted by Crippen LogP contribution is 2.30. The van der Waals surface area contributed by atoms with Gasteiger partial charge in [0.2, 0.25) is 0 Å². The van der Waals surface area contributed by atoms with Crippen LogP contribution in [0.2, 0.25) is 0 Å². The van der Waals surface area contributed by atoms with E-state index in [1.807, 2.05) is 0 Å². The highest BCUT2D eigenvalue weighted by molar-refractivity contribution is 5.43. The van der Waals surface area contributed by atoms with Crippen LogP contribution < -0.4 is 15.2 Å². The Kier molecular flexibility index (Phi) is 4.39. The normalized spacial score (nSPS) is 10.8. The second-order valence-corrected chi connectivity index (χ2v) is 4.01. The number of hydrogen-bond donors (Lipinski definition) is 1. The first-order chi connectivity index (χ1) is 9.60. The summed E-state index contributed by atoms with van der Waals surface area (Å²) in [5.41, 5.74) is 6.52. The number of nitrogens with zero attached hydrogens (tertiary/aromatic N) is 2. The molecule has 0 unspecified atom stereocenters. The van der Waals surface area contributed by atoms with Crippen LogP contribution in [0.3, 0.4) is 0 Å². The van der Waals surface area contributed by atoms with E-state index in [1.54, 1.807) is 36.0 Å². The Hall–Kier alpha value is -2.31. The molecule has 0 aliphatic rings. The van der Waals surface area contributed by atoms with Crippen molar-refractivity contribution in [3.63, 3.8) is 0 Å². The van der Waals surface area contributed by atoms with Gasteiger partial charge in [0, 0.05) is 12.4 Å². The van der Waals surface area contributed by atoms with Gasteiger partial charge in [-0.1, -0.05) is 6.07 Å². The molecule has 0 radical (unpaired) electrons. The molecule has 0 saturated carbocycles. The fourth-order valence-corrected chi connectivity index (χ4v) is 1.78. The van der Waals surface area contributed by atoms with Crippen molar-refractivity contribution >= 4 is 5.95 Å². The molecule has 108 valence electrons. The number of alkyl halides is 2. The van der Waals surface area contributed by atoms with Crippen molar-refractivity contribution in [1.29, 1.82) is 0 Å². The van der Waals surface area contributed by atoms with Gasteiger partial charge >= 0.3 is 6.61 Å². The summed E-state index contributed by atoms with van der Waals surface area (Å²) in [6, 6.07) is 4.79. The zero-order chi connectivity index (χ0) is 14.5. The molecule has 0 bridgehead atoms. The van der Waals surface area contributed by atoms with E-state index in [2.05, 4.69) is 9.72 Å². The Morgan fingerprint density at radius 3 is 2.75 bits per heavy atom. The third-order valence-corrected chi connectivity index (χ3v) is 2.62. The number of rotatable bonds is 6. The van der Waals surface area contributed by atoms with Crippen LogP contribution >= 0.6 is 0 Å². The second kappa shape index (κ2) is 6.23. The first kappa shape index (κ1) is 14.1. The SMILES string of the molecule is CCOc1cc(Cn2ccnc2N)ccc1OC(F)F. The number of imidazole rings is 1. The van der Waals surface area contributed by atoms with Crippen molar-refractivity contribution in [2.24, 2.45) is 0 Å². The molecule has 7 heteroatoms. The van der Waals surface area contributed by atoms with Gasteiger partial charge in [-0.15, -0.1) is 0 Å². The van der Waals surface area contributed by atoms with E-state index < -0.39 is 6.61 Å². The molecule has 1 heterocycles. The largest absolute Gasteiger partial charge is 0.490 e. The molecule has 2 N–H and O–H groups in total. The lowest BCUT2D eigenvalue weighted by molar-refractivity contribution is -0.0514. The van der Waals surface area contributed by atoms with Crippen LogP contribution in [0.25, 0.3) is 0 Å². The third kappa shape index (κ3) is 3.37. The molecule has 0 saturated heterocycles. The molecule has 0 aliphatic carbocycles. The molecular formula is C13H15F2N3O2. The van der Waals surface area contributed by atoms with Gasteiger partial charge in [-0.05, 0) is 24.6 Å². The van der Waals surface area contributed by atoms with Crippen LogP contribution in [0.4, 0.5) is 14.7 Å². The van der Waals surface area contributed by atoms with Crippen LogP contribution in [0.1, 0.15) is 12.5 Å². The van der Waals surface area contributed by atoms with Gasteiger partial charge in [0.15, 0.2) is 17.4 Å². The number of benzene rings is 1. The maximum Gasteiger partial charge on any atom is 0.387 e. The van der Waals surface area contributed by atoms with Gasteiger partial charge in [0.1, 0.15) is 0 Å². The lowest BCUT2D eigenvalue weighted by Crippen LogP contribution is -2.07. The maximum absolute atomic E-state index is 12.3. The van der Waals surface area contributed by atoms with Gasteiger partial charge in [-0.2, -0.15) is 8.78 Å². The molecule has 2 rings (SSSR count). The zero-order valence-corrected chi connectivity index (χ0v) is 10.9. The number of ether oxygens (including phenoxy) is 2. The Morgan fingerprint density at radius 2 is 2.15 bits per heavy atom. The lowest BCUT2D eigenvalue weighted by Gasteiger charge is -2.13. The van der Waals surface area contributed by atoms with Crippen molar-refractivity contribution in [3.05, 3.63) is 36.2 Å². The summed E-state index contributed by atoms with van der Waals surface area (Å²) in [4.78, 5) is 3.91. The summed E-state index contributed by atoms with van der Waals surface area (Å²) in [6.07, 6.45) is 3.33. The zero-order valence-electron chi connectivity index (χ0n) is 10.9. The van der Waals surface area contributed by atoms with Crippen molar-refractivity contribution in [2.45, 2.75) is 20.1 Å². The standard InChI is InChI=1S/C13H15F2N3O2/c1-2-19-11-7-9(3-4-10(11)20-12(14)15)8-18-6-5-17-13(18)16/h3-7,12H,2,8H2,1H3,(H2,16,17). The van der Waals surface area contributed by atoms with E-state index in [-0.39, 0.29) is 11.5 Å². The summed E-state index contributed by atoms with van der Waals surface area (Å²) < 4.78 is 36.0. The van der Waals surface area contributed by atoms with Crippen molar-refractivity contribution in [3.8, 4) is 11.5 Å². The number of hydrogen-bond acceptors (Lipinski definition) is 4. The van der Waals surface area contributed by atoms with Gasteiger partial charge in [0.05, 0.1) is 13.2 Å². The molecule has 0 fully saturated rings. The fraction of sp³-hybridized carbons (Fsp3) is 0.308. The predicted molar refractivity (Wildman–Crippen MR) is 70.0 cm³/mol. The highest BCUT2D eigenvalue weighted by atomic mass is 19.3. The number of halogens is 2. The van der Waals surface area contributed by atoms with E-state index in [9.17, 15) is 8.78 Å². The molecule has 2 aromatic rings. The van der Waals surface area contributed by atoms with E-state index in [4.69, 9.17) is 10.5 Å². The predicted octanol–water partition coefficient (Wildman–Crippen LogP) is 2.51. The first-order valence-corrected chi connectivity index (χ1v) is 6.07. The van der Waals surface area contributed by atoms with Gasteiger partial charge in [-0.3, -0.25) is 0 Å². The van der Waals surface area contributed by atoms with Crippen molar-refractivity contribution < 1.29 is 18.3 Å². The van der Waals surface area contributed by atoms with Crippen LogP contribution in [-0.2, 0) is 6.54 Å². The molecule has 5 nitrogen and oxygen atoms in total. The van der Waals surface area contributed by atoms with Crippen LogP contribution in [0, 0.1) is 0 Å². The Morgan fingerprint density at radius 1 is 1.35 bits per heavy atom. The van der Waals surface area contributed by atoms with E-state index in [0.29, 0.717) is 19.1 Å². The summed E-state index contributed by atoms with van der Waals surface area (Å²) in [5, 5.41) is 0. The first-order valence-electron chi connectivity index (χ1n) is 6.07. The average molecular weight is 283 g/mol. The van der Waals surface area contributed by atoms with Crippen LogP contribution in [-0.4, -0.2) is 22.8 Å². The summed E-state index contributed by atoms with van der Waals surface area (Å²) in [6.45, 7) is -0.284. The minimum atomic E-state index is -2.88. The van der Waals surface area contributed by atoms with Gasteiger partial charge < -0.3 is 19.8 Å². The molecule has 20 heavy (non-hydrogen) atoms. The van der Waals surface area contributed by atoms with Crippen molar-refractivity contribution in [2.75, 3.05) is 12.3 Å². The maximum atomic E-state index is 12.3. The Balaban J connectivity index is 2.22. The second-order valence-electron chi connectivity index (χ2n) is 4.01. The number of aromatic nitrogens is 2. The Bertz CT molecular complexity index is 572. The summed E-state index contributed by atoms with van der Waals surface area (Å²) >= 11 is 0. The number of nitrogens with two attached hydrogens (primary N) is 1. The molecule has 1 aromatic carbocycles. The monoisotopic (exact) mass is 283 g/mol. The van der Waals surface area contributed by atoms with Gasteiger partial charge in [0.25, 0.3) is 0 Å². The molecular weight excluding hydrogens is 268 g/mol. The van der Waals surface area contributed by atoms with Crippen molar-refractivity contribution in [1.82, 2.24) is 9.55 Å². The van der Waals surface area contributed by atoms with Gasteiger partial charge in [-0.25, -0.2) is 4.98 Å².